The maximum atomic E-state index is 14.9. The number of carbonyl (C=O) groups is 1. The van der Waals surface area contributed by atoms with Crippen molar-refractivity contribution >= 4 is 22.0 Å². The highest BCUT2D eigenvalue weighted by Crippen LogP contribution is 2.54. The molecule has 2 saturated heterocycles. The second-order valence-corrected chi connectivity index (χ2v) is 12.3. The smallest absolute Gasteiger partial charge is 0.410 e. The van der Waals surface area contributed by atoms with Gasteiger partial charge in [0.1, 0.15) is 11.4 Å². The number of rotatable bonds is 2. The van der Waals surface area contributed by atoms with Crippen molar-refractivity contribution in [1.82, 2.24) is 9.80 Å². The van der Waals surface area contributed by atoms with Crippen molar-refractivity contribution in [3.8, 4) is 5.75 Å². The zero-order valence-electron chi connectivity index (χ0n) is 20.3. The lowest BCUT2D eigenvalue weighted by molar-refractivity contribution is -0.127. The lowest BCUT2D eigenvalue weighted by atomic mass is 9.71. The van der Waals surface area contributed by atoms with E-state index in [1.165, 1.54) is 19.9 Å². The van der Waals surface area contributed by atoms with E-state index in [1.54, 1.807) is 0 Å². The summed E-state index contributed by atoms with van der Waals surface area (Å²) in [4.78, 5) is 16.5. The molecule has 3 heterocycles. The summed E-state index contributed by atoms with van der Waals surface area (Å²) in [6.45, 7) is 12.4. The fraction of sp³-hybridized carbons (Fsp3) is 0.720. The van der Waals surface area contributed by atoms with E-state index in [4.69, 9.17) is 9.47 Å². The van der Waals surface area contributed by atoms with Gasteiger partial charge in [0, 0.05) is 29.7 Å². The number of carbonyl (C=O) groups excluding carboxylic acids is 1. The first kappa shape index (κ1) is 24.7. The molecule has 0 radical (unpaired) electrons. The van der Waals surface area contributed by atoms with Gasteiger partial charge >= 0.3 is 12.0 Å². The third-order valence-corrected chi connectivity index (χ3v) is 7.83. The second kappa shape index (κ2) is 8.36. The highest BCUT2D eigenvalue weighted by Gasteiger charge is 2.58. The van der Waals surface area contributed by atoms with Gasteiger partial charge in [-0.1, -0.05) is 15.9 Å². The Bertz CT molecular complexity index is 911. The lowest BCUT2D eigenvalue weighted by Crippen LogP contribution is -2.49. The maximum Gasteiger partial charge on any atom is 0.410 e. The van der Waals surface area contributed by atoms with Gasteiger partial charge in [-0.25, -0.2) is 4.79 Å². The Morgan fingerprint density at radius 2 is 1.67 bits per heavy atom. The minimum Gasteiger partial charge on any atom is -0.480 e. The second-order valence-electron chi connectivity index (χ2n) is 11.4. The molecule has 0 aromatic heterocycles. The van der Waals surface area contributed by atoms with E-state index < -0.39 is 17.1 Å². The molecule has 0 bridgehead atoms. The highest BCUT2D eigenvalue weighted by molar-refractivity contribution is 9.10. The summed E-state index contributed by atoms with van der Waals surface area (Å²) < 4.78 is 41.7. The average molecular weight is 529 g/mol. The van der Waals surface area contributed by atoms with Crippen LogP contribution in [-0.2, 0) is 17.2 Å². The predicted octanol–water partition coefficient (Wildman–Crippen LogP) is 6.33. The average Bonchev–Trinajstić information content (AvgIpc) is 2.88. The largest absolute Gasteiger partial charge is 0.480 e. The number of alkyl halides is 2. The van der Waals surface area contributed by atoms with Crippen molar-refractivity contribution in [3.05, 3.63) is 27.7 Å². The van der Waals surface area contributed by atoms with E-state index in [2.05, 4.69) is 20.8 Å². The summed E-state index contributed by atoms with van der Waals surface area (Å²) in [5.74, 6) is -2.70. The Balaban J connectivity index is 1.37. The molecule has 184 valence electrons. The molecule has 33 heavy (non-hydrogen) atoms. The van der Waals surface area contributed by atoms with Crippen molar-refractivity contribution < 1.29 is 23.0 Å². The number of halogens is 3. The molecule has 3 aliphatic rings. The summed E-state index contributed by atoms with van der Waals surface area (Å²) in [7, 11) is 0. The molecule has 0 atom stereocenters. The van der Waals surface area contributed by atoms with Crippen LogP contribution in [-0.4, -0.2) is 53.3 Å². The van der Waals surface area contributed by atoms with E-state index in [1.807, 2.05) is 31.7 Å². The van der Waals surface area contributed by atoms with Crippen LogP contribution in [0, 0.1) is 5.41 Å². The van der Waals surface area contributed by atoms with Gasteiger partial charge in [-0.2, -0.15) is 8.78 Å². The molecule has 4 rings (SSSR count). The van der Waals surface area contributed by atoms with Crippen molar-refractivity contribution in [2.24, 2.45) is 5.41 Å². The highest BCUT2D eigenvalue weighted by atomic mass is 79.9. The number of piperidine rings is 2. The minimum atomic E-state index is -3.03. The topological polar surface area (TPSA) is 42.0 Å². The number of hydrogen-bond acceptors (Lipinski definition) is 4. The van der Waals surface area contributed by atoms with Gasteiger partial charge in [0.05, 0.1) is 5.56 Å². The molecule has 1 aromatic carbocycles. The number of benzene rings is 1. The molecular weight excluding hydrogens is 494 g/mol. The number of fused-ring (bicyclic) bond motifs is 1. The SMILES string of the molecule is CC(C)(C)OC(=O)N1CCC2(CCN(Cc3cc(Br)cc4c3OC(C)(C)C4(F)F)CC2)CC1. The minimum absolute atomic E-state index is 0.0279. The van der Waals surface area contributed by atoms with Gasteiger partial charge in [-0.3, -0.25) is 4.90 Å². The van der Waals surface area contributed by atoms with Crippen LogP contribution >= 0.6 is 15.9 Å². The van der Waals surface area contributed by atoms with Crippen molar-refractivity contribution in [1.29, 1.82) is 0 Å². The van der Waals surface area contributed by atoms with Gasteiger partial charge in [0.2, 0.25) is 0 Å². The third-order valence-electron chi connectivity index (χ3n) is 7.37. The zero-order valence-corrected chi connectivity index (χ0v) is 21.9. The molecule has 0 N–H and O–H groups in total. The van der Waals surface area contributed by atoms with E-state index in [0.717, 1.165) is 57.4 Å². The Labute approximate surface area is 203 Å². The molecule has 0 saturated carbocycles. The molecule has 8 heteroatoms. The van der Waals surface area contributed by atoms with E-state index in [9.17, 15) is 13.6 Å². The van der Waals surface area contributed by atoms with E-state index in [-0.39, 0.29) is 17.1 Å². The molecular formula is C25H35BrF2N2O3. The first-order valence-electron chi connectivity index (χ1n) is 11.8. The van der Waals surface area contributed by atoms with Crippen LogP contribution in [0.1, 0.15) is 71.4 Å². The van der Waals surface area contributed by atoms with Gasteiger partial charge in [-0.15, -0.1) is 0 Å². The summed E-state index contributed by atoms with van der Waals surface area (Å²) in [6.07, 6.45) is 3.84. The molecule has 1 spiro atoms. The van der Waals surface area contributed by atoms with E-state index in [0.29, 0.717) is 16.8 Å². The molecule has 5 nitrogen and oxygen atoms in total. The van der Waals surface area contributed by atoms with Crippen LogP contribution in [0.15, 0.2) is 16.6 Å². The first-order chi connectivity index (χ1) is 15.2. The van der Waals surface area contributed by atoms with Gasteiger partial charge in [0.15, 0.2) is 5.60 Å². The first-order valence-corrected chi connectivity index (χ1v) is 12.6. The zero-order chi connectivity index (χ0) is 24.2. The molecule has 0 aliphatic carbocycles. The predicted molar refractivity (Wildman–Crippen MR) is 127 cm³/mol. The van der Waals surface area contributed by atoms with Crippen LogP contribution in [0.2, 0.25) is 0 Å². The summed E-state index contributed by atoms with van der Waals surface area (Å²) >= 11 is 3.41. The third kappa shape index (κ3) is 4.88. The number of ether oxygens (including phenoxy) is 2. The monoisotopic (exact) mass is 528 g/mol. The molecule has 1 aromatic rings. The van der Waals surface area contributed by atoms with Crippen LogP contribution < -0.4 is 4.74 Å². The molecule has 1 amide bonds. The number of nitrogens with zero attached hydrogens (tertiary/aromatic N) is 2. The normalized spacial score (nSPS) is 23.8. The maximum absolute atomic E-state index is 14.9. The lowest BCUT2D eigenvalue weighted by Gasteiger charge is -2.47. The summed E-state index contributed by atoms with van der Waals surface area (Å²) in [5, 5.41) is 0. The molecule has 2 fully saturated rings. The summed E-state index contributed by atoms with van der Waals surface area (Å²) in [5.41, 5.74) is -1.01. The molecule has 0 unspecified atom stereocenters. The number of likely N-dealkylation sites (tertiary alicyclic amines) is 2. The van der Waals surface area contributed by atoms with Crippen molar-refractivity contribution in [3.63, 3.8) is 0 Å². The Kier molecular flexibility index (Phi) is 6.26. The van der Waals surface area contributed by atoms with Gasteiger partial charge in [-0.05, 0) is 90.9 Å². The Morgan fingerprint density at radius 1 is 1.09 bits per heavy atom. The fourth-order valence-electron chi connectivity index (χ4n) is 5.18. The van der Waals surface area contributed by atoms with Crippen molar-refractivity contribution in [2.45, 2.75) is 84.0 Å². The van der Waals surface area contributed by atoms with Gasteiger partial charge in [0.25, 0.3) is 0 Å². The molecule has 3 aliphatic heterocycles. The quantitative estimate of drug-likeness (QED) is 0.450. The number of amides is 1. The van der Waals surface area contributed by atoms with Crippen LogP contribution in [0.4, 0.5) is 13.6 Å². The van der Waals surface area contributed by atoms with E-state index >= 15 is 0 Å². The fourth-order valence-corrected chi connectivity index (χ4v) is 5.69. The van der Waals surface area contributed by atoms with Gasteiger partial charge < -0.3 is 14.4 Å². The van der Waals surface area contributed by atoms with Crippen LogP contribution in [0.25, 0.3) is 0 Å². The van der Waals surface area contributed by atoms with Crippen LogP contribution in [0.3, 0.4) is 0 Å². The van der Waals surface area contributed by atoms with Crippen LogP contribution in [0.5, 0.6) is 5.75 Å². The Hall–Kier alpha value is -1.41. The standard InChI is InChI=1S/C25H35BrF2N2O3/c1-22(2,3)33-21(31)30-12-8-24(9-13-30)6-10-29(11-7-24)16-17-14-18(26)15-19-20(17)32-23(4,5)25(19,27)28/h14-15H,6-13,16H2,1-5H3. The summed E-state index contributed by atoms with van der Waals surface area (Å²) in [6, 6.07) is 3.39. The van der Waals surface area contributed by atoms with Crippen molar-refractivity contribution in [2.75, 3.05) is 26.2 Å². The Morgan fingerprint density at radius 3 is 2.24 bits per heavy atom. The number of hydrogen-bond donors (Lipinski definition) is 0.